The third kappa shape index (κ3) is 16.1. The van der Waals surface area contributed by atoms with Gasteiger partial charge in [-0.05, 0) is 79.2 Å². The van der Waals surface area contributed by atoms with E-state index in [0.717, 1.165) is 35.1 Å². The lowest BCUT2D eigenvalue weighted by molar-refractivity contribution is -0.243. The van der Waals surface area contributed by atoms with Crippen LogP contribution in [0.3, 0.4) is 0 Å². The molecule has 0 amide bonds. The lowest BCUT2D eigenvalue weighted by Gasteiger charge is -2.35. The summed E-state index contributed by atoms with van der Waals surface area (Å²) in [6.07, 6.45) is 33.3. The van der Waals surface area contributed by atoms with Crippen molar-refractivity contribution in [1.29, 1.82) is 0 Å². The van der Waals surface area contributed by atoms with Crippen molar-refractivity contribution in [2.75, 3.05) is 21.3 Å². The highest BCUT2D eigenvalue weighted by atomic mass is 16.8. The van der Waals surface area contributed by atoms with Crippen LogP contribution in [-0.2, 0) is 23.7 Å². The van der Waals surface area contributed by atoms with Crippen molar-refractivity contribution in [3.05, 3.63) is 142 Å². The molecule has 0 aromatic carbocycles. The summed E-state index contributed by atoms with van der Waals surface area (Å²) in [5.74, 6) is 0. The van der Waals surface area contributed by atoms with E-state index in [4.69, 9.17) is 23.7 Å². The molecule has 1 aliphatic carbocycles. The Labute approximate surface area is 326 Å². The van der Waals surface area contributed by atoms with Crippen molar-refractivity contribution in [3.63, 3.8) is 0 Å². The third-order valence-corrected chi connectivity index (χ3v) is 9.39. The van der Waals surface area contributed by atoms with Crippen LogP contribution in [0.2, 0.25) is 0 Å². The first kappa shape index (κ1) is 46.8. The molecule has 6 unspecified atom stereocenters. The second-order valence-corrected chi connectivity index (χ2v) is 15.6. The molecule has 1 aliphatic heterocycles. The molecule has 0 bridgehead atoms. The van der Waals surface area contributed by atoms with Crippen LogP contribution in [0.4, 0.5) is 0 Å². The SMILES string of the molecule is COC1OC(OC(C=CC(C)=CC=CC(C)=CC=CC(C)=CC=CC=C(C)C=CC=C(C)C=CC2=C(C)CC(O)CC2(C)C)C(C)(C)O)C(OC)C1OC. The van der Waals surface area contributed by atoms with Crippen LogP contribution < -0.4 is 0 Å². The number of aliphatic hydroxyl groups is 2. The smallest absolute Gasteiger partial charge is 0.190 e. The molecule has 6 atom stereocenters. The van der Waals surface area contributed by atoms with E-state index < -0.39 is 36.5 Å². The van der Waals surface area contributed by atoms with Crippen LogP contribution in [0, 0.1) is 5.41 Å². The molecule has 7 nitrogen and oxygen atoms in total. The highest BCUT2D eigenvalue weighted by Crippen LogP contribution is 2.41. The topological polar surface area (TPSA) is 86.6 Å². The molecule has 2 N–H and O–H groups in total. The number of aliphatic hydroxyl groups excluding tert-OH is 1. The van der Waals surface area contributed by atoms with Crippen LogP contribution in [0.15, 0.2) is 142 Å². The fourth-order valence-corrected chi connectivity index (χ4v) is 6.36. The van der Waals surface area contributed by atoms with E-state index in [-0.39, 0.29) is 11.5 Å². The minimum Gasteiger partial charge on any atom is -0.393 e. The van der Waals surface area contributed by atoms with Gasteiger partial charge in [0.25, 0.3) is 0 Å². The predicted molar refractivity (Wildman–Crippen MR) is 224 cm³/mol. The molecule has 0 radical (unpaired) electrons. The van der Waals surface area contributed by atoms with E-state index >= 15 is 0 Å². The van der Waals surface area contributed by atoms with Crippen LogP contribution in [0.5, 0.6) is 0 Å². The first-order chi connectivity index (χ1) is 25.4. The van der Waals surface area contributed by atoms with Gasteiger partial charge in [0.1, 0.15) is 18.3 Å². The molecule has 0 aromatic rings. The van der Waals surface area contributed by atoms with Gasteiger partial charge >= 0.3 is 0 Å². The Morgan fingerprint density at radius 3 is 1.59 bits per heavy atom. The number of hydrogen-bond donors (Lipinski definition) is 2. The molecule has 298 valence electrons. The standard InChI is InChI=1S/C47H68O7/c1-33(19-14-15-20-34(2)22-17-25-36(4)27-29-40-38(6)31-39(48)32-46(40,7)8)21-16-23-35(3)24-18-26-37(5)28-30-41(47(9,10)49)53-45-43(51-12)42(50-11)44(52-13)54-45/h14-30,39,41-45,48-49H,31-32H2,1-13H3. The van der Waals surface area contributed by atoms with Gasteiger partial charge in [0, 0.05) is 21.3 Å². The zero-order chi connectivity index (χ0) is 40.5. The van der Waals surface area contributed by atoms with Gasteiger partial charge in [-0.2, -0.15) is 0 Å². The minimum atomic E-state index is -1.17. The summed E-state index contributed by atoms with van der Waals surface area (Å²) >= 11 is 0. The third-order valence-electron chi connectivity index (χ3n) is 9.39. The lowest BCUT2D eigenvalue weighted by Crippen LogP contribution is -2.44. The Morgan fingerprint density at radius 1 is 0.704 bits per heavy atom. The molecule has 2 rings (SSSR count). The van der Waals surface area contributed by atoms with E-state index in [1.54, 1.807) is 28.1 Å². The number of rotatable bonds is 18. The molecule has 1 heterocycles. The summed E-state index contributed by atoms with van der Waals surface area (Å²) in [7, 11) is 4.68. The normalized spacial score (nSPS) is 26.4. The Morgan fingerprint density at radius 2 is 1.15 bits per heavy atom. The highest BCUT2D eigenvalue weighted by Gasteiger charge is 2.48. The average molecular weight is 745 g/mol. The van der Waals surface area contributed by atoms with Gasteiger partial charge < -0.3 is 33.9 Å². The summed E-state index contributed by atoms with van der Waals surface area (Å²) in [5, 5.41) is 21.0. The number of methoxy groups -OCH3 is 3. The van der Waals surface area contributed by atoms with Crippen molar-refractivity contribution in [1.82, 2.24) is 0 Å². The molecule has 1 fully saturated rings. The molecule has 7 heteroatoms. The van der Waals surface area contributed by atoms with E-state index in [0.29, 0.717) is 0 Å². The number of allylic oxidation sites excluding steroid dienone is 22. The summed E-state index contributed by atoms with van der Waals surface area (Å²) in [6, 6.07) is 0. The Hall–Kier alpha value is -3.40. The lowest BCUT2D eigenvalue weighted by atomic mass is 9.71. The zero-order valence-electron chi connectivity index (χ0n) is 35.1. The second-order valence-electron chi connectivity index (χ2n) is 15.6. The molecular weight excluding hydrogens is 677 g/mol. The number of ether oxygens (including phenoxy) is 5. The predicted octanol–water partition coefficient (Wildman–Crippen LogP) is 10.1. The van der Waals surface area contributed by atoms with Gasteiger partial charge in [0.05, 0.1) is 11.7 Å². The van der Waals surface area contributed by atoms with Crippen LogP contribution in [0.1, 0.15) is 82.1 Å². The van der Waals surface area contributed by atoms with E-state index in [9.17, 15) is 10.2 Å². The highest BCUT2D eigenvalue weighted by molar-refractivity contribution is 5.38. The van der Waals surface area contributed by atoms with Gasteiger partial charge in [0.15, 0.2) is 12.6 Å². The fourth-order valence-electron chi connectivity index (χ4n) is 6.36. The Bertz CT molecular complexity index is 1580. The molecule has 2 aliphatic rings. The molecule has 54 heavy (non-hydrogen) atoms. The minimum absolute atomic E-state index is 0.0119. The van der Waals surface area contributed by atoms with Crippen molar-refractivity contribution in [3.8, 4) is 0 Å². The first-order valence-electron chi connectivity index (χ1n) is 18.8. The monoisotopic (exact) mass is 744 g/mol. The van der Waals surface area contributed by atoms with Gasteiger partial charge in [0.2, 0.25) is 0 Å². The van der Waals surface area contributed by atoms with Crippen LogP contribution in [0.25, 0.3) is 0 Å². The quantitative estimate of drug-likeness (QED) is 0.135. The zero-order valence-corrected chi connectivity index (χ0v) is 35.1. The van der Waals surface area contributed by atoms with Crippen molar-refractivity contribution < 1.29 is 33.9 Å². The molecule has 0 spiro atoms. The van der Waals surface area contributed by atoms with E-state index in [2.05, 4.69) is 109 Å². The summed E-state index contributed by atoms with van der Waals surface area (Å²) in [6.45, 7) is 20.3. The first-order valence-corrected chi connectivity index (χ1v) is 18.8. The van der Waals surface area contributed by atoms with Crippen LogP contribution >= 0.6 is 0 Å². The van der Waals surface area contributed by atoms with E-state index in [1.165, 1.54) is 23.8 Å². The van der Waals surface area contributed by atoms with Gasteiger partial charge in [-0.25, -0.2) is 0 Å². The van der Waals surface area contributed by atoms with Crippen molar-refractivity contribution >= 4 is 0 Å². The Kier molecular flexibility index (Phi) is 19.8. The largest absolute Gasteiger partial charge is 0.393 e. The van der Waals surface area contributed by atoms with Crippen LogP contribution in [-0.4, -0.2) is 74.1 Å². The maximum absolute atomic E-state index is 10.8. The van der Waals surface area contributed by atoms with Crippen molar-refractivity contribution in [2.45, 2.75) is 125 Å². The summed E-state index contributed by atoms with van der Waals surface area (Å²) < 4.78 is 28.5. The van der Waals surface area contributed by atoms with Crippen molar-refractivity contribution in [2.24, 2.45) is 5.41 Å². The molecule has 0 aromatic heterocycles. The summed E-state index contributed by atoms with van der Waals surface area (Å²) in [4.78, 5) is 0. The van der Waals surface area contributed by atoms with Gasteiger partial charge in [-0.1, -0.05) is 151 Å². The summed E-state index contributed by atoms with van der Waals surface area (Å²) in [5.41, 5.74) is 7.03. The Balaban J connectivity index is 1.91. The maximum atomic E-state index is 10.8. The fraction of sp³-hybridized carbons (Fsp3) is 0.489. The molecule has 1 saturated heterocycles. The number of hydrogen-bond acceptors (Lipinski definition) is 7. The second kappa shape index (κ2) is 22.9. The average Bonchev–Trinajstić information content (AvgIpc) is 3.43. The van der Waals surface area contributed by atoms with Gasteiger partial charge in [-0.3, -0.25) is 0 Å². The molecule has 0 saturated carbocycles. The van der Waals surface area contributed by atoms with E-state index in [1.807, 2.05) is 49.5 Å². The maximum Gasteiger partial charge on any atom is 0.190 e. The van der Waals surface area contributed by atoms with Gasteiger partial charge in [-0.15, -0.1) is 0 Å². The molecular formula is C47H68O7.